The Kier molecular flexibility index (Phi) is 4.24. The highest BCUT2D eigenvalue weighted by atomic mass is 32.1. The van der Waals surface area contributed by atoms with Crippen LogP contribution >= 0.6 is 11.3 Å². The van der Waals surface area contributed by atoms with Crippen molar-refractivity contribution >= 4 is 17.2 Å². The van der Waals surface area contributed by atoms with Gasteiger partial charge in [-0.1, -0.05) is 6.07 Å². The Morgan fingerprint density at radius 3 is 2.96 bits per heavy atom. The Hall–Kier alpha value is -1.93. The van der Waals surface area contributed by atoms with Gasteiger partial charge in [0.1, 0.15) is 6.54 Å². The minimum atomic E-state index is -0.591. The highest BCUT2D eigenvalue weighted by Gasteiger charge is 2.35. The first-order valence-electron chi connectivity index (χ1n) is 8.20. The number of carbonyl (C=O) groups is 1. The predicted molar refractivity (Wildman–Crippen MR) is 87.7 cm³/mol. The topological polar surface area (TPSA) is 77.6 Å². The lowest BCUT2D eigenvalue weighted by molar-refractivity contribution is -0.133. The van der Waals surface area contributed by atoms with Crippen molar-refractivity contribution in [2.24, 2.45) is 5.92 Å². The van der Waals surface area contributed by atoms with Gasteiger partial charge >= 0.3 is 5.76 Å². The average Bonchev–Trinajstić information content (AvgIpc) is 2.97. The number of amides is 1. The summed E-state index contributed by atoms with van der Waals surface area (Å²) in [4.78, 5) is 27.3. The first-order valence-corrected chi connectivity index (χ1v) is 9.07. The molecule has 1 saturated carbocycles. The monoisotopic (exact) mass is 349 g/mol. The zero-order valence-corrected chi connectivity index (χ0v) is 14.0. The first-order chi connectivity index (χ1) is 11.7. The minimum absolute atomic E-state index is 0.0716. The van der Waals surface area contributed by atoms with Gasteiger partial charge in [0.15, 0.2) is 0 Å². The number of carbonyl (C=O) groups excluding carboxylic acids is 1. The summed E-state index contributed by atoms with van der Waals surface area (Å²) < 4.78 is 11.7. The molecule has 1 amide bonds. The van der Waals surface area contributed by atoms with Gasteiger partial charge in [0.05, 0.1) is 11.5 Å². The minimum Gasteiger partial charge on any atom is -0.387 e. The maximum absolute atomic E-state index is 12.7. The fourth-order valence-electron chi connectivity index (χ4n) is 2.97. The number of aromatic nitrogens is 2. The Labute approximate surface area is 142 Å². The normalized spacial score (nSPS) is 20.4. The van der Waals surface area contributed by atoms with Crippen molar-refractivity contribution in [3.8, 4) is 10.8 Å². The molecule has 2 aliphatic rings. The summed E-state index contributed by atoms with van der Waals surface area (Å²) in [5, 5.41) is 6.05. The molecule has 8 heteroatoms. The largest absolute Gasteiger partial charge is 0.437 e. The van der Waals surface area contributed by atoms with E-state index in [1.54, 1.807) is 0 Å². The lowest BCUT2D eigenvalue weighted by Gasteiger charge is -2.24. The van der Waals surface area contributed by atoms with Gasteiger partial charge in [-0.3, -0.25) is 4.79 Å². The van der Waals surface area contributed by atoms with Crippen molar-refractivity contribution in [1.82, 2.24) is 14.7 Å². The Morgan fingerprint density at radius 1 is 1.42 bits per heavy atom. The summed E-state index contributed by atoms with van der Waals surface area (Å²) in [5.74, 6) is -0.000508. The van der Waals surface area contributed by atoms with Crippen LogP contribution in [0.25, 0.3) is 10.8 Å². The summed E-state index contributed by atoms with van der Waals surface area (Å²) in [6.45, 7) is 2.11. The zero-order valence-electron chi connectivity index (χ0n) is 13.2. The van der Waals surface area contributed by atoms with Crippen LogP contribution in [-0.2, 0) is 16.1 Å². The van der Waals surface area contributed by atoms with E-state index >= 15 is 0 Å². The van der Waals surface area contributed by atoms with Crippen molar-refractivity contribution in [3.05, 3.63) is 28.1 Å². The third-order valence-corrected chi connectivity index (χ3v) is 5.27. The van der Waals surface area contributed by atoms with Gasteiger partial charge in [0.25, 0.3) is 5.89 Å². The van der Waals surface area contributed by atoms with Gasteiger partial charge in [-0.2, -0.15) is 4.68 Å². The van der Waals surface area contributed by atoms with E-state index in [1.807, 2.05) is 22.4 Å². The number of rotatable bonds is 6. The molecule has 4 rings (SSSR count). The summed E-state index contributed by atoms with van der Waals surface area (Å²) in [6.07, 6.45) is 3.06. The molecule has 24 heavy (non-hydrogen) atoms. The predicted octanol–water partition coefficient (Wildman–Crippen LogP) is 1.59. The molecular weight excluding hydrogens is 330 g/mol. The van der Waals surface area contributed by atoms with E-state index in [1.165, 1.54) is 11.3 Å². The van der Waals surface area contributed by atoms with Crippen LogP contribution in [0.4, 0.5) is 0 Å². The van der Waals surface area contributed by atoms with E-state index in [9.17, 15) is 9.59 Å². The maximum atomic E-state index is 12.7. The summed E-state index contributed by atoms with van der Waals surface area (Å²) in [6, 6.07) is 4.00. The SMILES string of the molecule is O=C(Cn1nc(-c2cccs2)oc1=O)N(C[C@H]1CCOC1)C1CC1. The molecule has 2 aromatic rings. The van der Waals surface area contributed by atoms with Crippen LogP contribution in [0.5, 0.6) is 0 Å². The molecule has 0 bridgehead atoms. The fourth-order valence-corrected chi connectivity index (χ4v) is 3.62. The van der Waals surface area contributed by atoms with Crippen molar-refractivity contribution < 1.29 is 13.9 Å². The number of nitrogens with zero attached hydrogens (tertiary/aromatic N) is 3. The average molecular weight is 349 g/mol. The third-order valence-electron chi connectivity index (χ3n) is 4.41. The highest BCUT2D eigenvalue weighted by Crippen LogP contribution is 2.29. The van der Waals surface area contributed by atoms with Crippen LogP contribution in [0, 0.1) is 5.92 Å². The standard InChI is InChI=1S/C16H19N3O4S/c20-14(18(12-3-4-12)8-11-5-6-22-10-11)9-19-16(21)23-15(17-19)13-2-1-7-24-13/h1-2,7,11-12H,3-6,8-10H2/t11-/m1/s1. The molecule has 0 radical (unpaired) electrons. The number of hydrogen-bond donors (Lipinski definition) is 0. The van der Waals surface area contributed by atoms with Crippen molar-refractivity contribution in [1.29, 1.82) is 0 Å². The van der Waals surface area contributed by atoms with Gasteiger partial charge in [-0.05, 0) is 30.7 Å². The molecule has 2 fully saturated rings. The molecule has 0 unspecified atom stereocenters. The van der Waals surface area contributed by atoms with Gasteiger partial charge in [0, 0.05) is 25.1 Å². The lowest BCUT2D eigenvalue weighted by atomic mass is 10.1. The van der Waals surface area contributed by atoms with Crippen LogP contribution < -0.4 is 5.76 Å². The Morgan fingerprint density at radius 2 is 2.29 bits per heavy atom. The molecule has 1 aliphatic carbocycles. The molecular formula is C16H19N3O4S. The van der Waals surface area contributed by atoms with Gasteiger partial charge in [-0.15, -0.1) is 16.4 Å². The molecule has 1 atom stereocenters. The molecule has 0 aromatic carbocycles. The maximum Gasteiger partial charge on any atom is 0.437 e. The smallest absolute Gasteiger partial charge is 0.387 e. The van der Waals surface area contributed by atoms with E-state index < -0.39 is 5.76 Å². The van der Waals surface area contributed by atoms with Crippen LogP contribution in [0.1, 0.15) is 19.3 Å². The van der Waals surface area contributed by atoms with Crippen LogP contribution in [0.3, 0.4) is 0 Å². The van der Waals surface area contributed by atoms with Gasteiger partial charge in [0.2, 0.25) is 5.91 Å². The van der Waals surface area contributed by atoms with Gasteiger partial charge < -0.3 is 14.1 Å². The Balaban J connectivity index is 1.47. The molecule has 2 aromatic heterocycles. The zero-order chi connectivity index (χ0) is 16.5. The van der Waals surface area contributed by atoms with Crippen LogP contribution in [0.15, 0.2) is 26.7 Å². The molecule has 7 nitrogen and oxygen atoms in total. The van der Waals surface area contributed by atoms with Crippen LogP contribution in [-0.4, -0.2) is 46.4 Å². The summed E-state index contributed by atoms with van der Waals surface area (Å²) in [5.41, 5.74) is 0. The number of ether oxygens (including phenoxy) is 1. The molecule has 128 valence electrons. The van der Waals surface area contributed by atoms with Gasteiger partial charge in [-0.25, -0.2) is 4.79 Å². The Bertz CT molecular complexity index is 757. The van der Waals surface area contributed by atoms with Crippen molar-refractivity contribution in [3.63, 3.8) is 0 Å². The molecule has 1 aliphatic heterocycles. The molecule has 1 saturated heterocycles. The van der Waals surface area contributed by atoms with E-state index in [-0.39, 0.29) is 18.3 Å². The second kappa shape index (κ2) is 6.52. The van der Waals surface area contributed by atoms with E-state index in [4.69, 9.17) is 9.15 Å². The van der Waals surface area contributed by atoms with E-state index in [2.05, 4.69) is 5.10 Å². The number of thiophene rings is 1. The van der Waals surface area contributed by atoms with Crippen molar-refractivity contribution in [2.45, 2.75) is 31.8 Å². The quantitative estimate of drug-likeness (QED) is 0.791. The number of hydrogen-bond acceptors (Lipinski definition) is 6. The summed E-state index contributed by atoms with van der Waals surface area (Å²) in [7, 11) is 0. The second-order valence-corrected chi connectivity index (χ2v) is 7.26. The molecule has 0 N–H and O–H groups in total. The fraction of sp³-hybridized carbons (Fsp3) is 0.562. The third kappa shape index (κ3) is 3.29. The van der Waals surface area contributed by atoms with E-state index in [0.29, 0.717) is 25.1 Å². The summed E-state index contributed by atoms with van der Waals surface area (Å²) >= 11 is 1.44. The second-order valence-electron chi connectivity index (χ2n) is 6.31. The van der Waals surface area contributed by atoms with E-state index in [0.717, 1.165) is 35.4 Å². The molecule has 0 spiro atoms. The van der Waals surface area contributed by atoms with Crippen molar-refractivity contribution in [2.75, 3.05) is 19.8 Å². The first kappa shape index (κ1) is 15.6. The lowest BCUT2D eigenvalue weighted by Crippen LogP contribution is -2.40. The molecule has 3 heterocycles. The van der Waals surface area contributed by atoms with Crippen LogP contribution in [0.2, 0.25) is 0 Å². The highest BCUT2D eigenvalue weighted by molar-refractivity contribution is 7.13.